The van der Waals surface area contributed by atoms with Gasteiger partial charge in [-0.15, -0.1) is 0 Å². The van der Waals surface area contributed by atoms with Crippen molar-refractivity contribution in [2.75, 3.05) is 6.61 Å². The fourth-order valence-corrected chi connectivity index (χ4v) is 2.38. The second-order valence-electron chi connectivity index (χ2n) is 4.37. The Balaban J connectivity index is 2.13. The standard InChI is InChI=1S/C12H13ClN4O/c1-7-8(5-17(2)16-7)12-14-10-3-4-18-6-9(10)11(13)15-12/h5H,3-4,6H2,1-2H3. The third-order valence-corrected chi connectivity index (χ3v) is 3.34. The number of fused-ring (bicyclic) bond motifs is 1. The molecule has 0 saturated carbocycles. The predicted molar refractivity (Wildman–Crippen MR) is 67.3 cm³/mol. The van der Waals surface area contributed by atoms with E-state index in [0.29, 0.717) is 24.2 Å². The number of hydrogen-bond donors (Lipinski definition) is 0. The lowest BCUT2D eigenvalue weighted by Crippen LogP contribution is -2.14. The molecule has 0 fully saturated rings. The molecule has 0 N–H and O–H groups in total. The van der Waals surface area contributed by atoms with Crippen molar-refractivity contribution < 1.29 is 4.74 Å². The number of aromatic nitrogens is 4. The van der Waals surface area contributed by atoms with Crippen LogP contribution in [0, 0.1) is 6.92 Å². The van der Waals surface area contributed by atoms with Crippen molar-refractivity contribution in [3.8, 4) is 11.4 Å². The van der Waals surface area contributed by atoms with Gasteiger partial charge in [0.15, 0.2) is 5.82 Å². The fraction of sp³-hybridized carbons (Fsp3) is 0.417. The Kier molecular flexibility index (Phi) is 2.80. The van der Waals surface area contributed by atoms with Crippen LogP contribution in [0.25, 0.3) is 11.4 Å². The summed E-state index contributed by atoms with van der Waals surface area (Å²) in [5.41, 5.74) is 3.72. The molecule has 2 aromatic heterocycles. The van der Waals surface area contributed by atoms with Crippen molar-refractivity contribution in [2.45, 2.75) is 20.0 Å². The molecule has 0 amide bonds. The highest BCUT2D eigenvalue weighted by Gasteiger charge is 2.19. The SMILES string of the molecule is Cc1nn(C)cc1-c1nc(Cl)c2c(n1)CCOC2. The summed E-state index contributed by atoms with van der Waals surface area (Å²) >= 11 is 6.20. The Morgan fingerprint density at radius 1 is 1.39 bits per heavy atom. The van der Waals surface area contributed by atoms with E-state index in [4.69, 9.17) is 16.3 Å². The summed E-state index contributed by atoms with van der Waals surface area (Å²) in [6.07, 6.45) is 2.69. The summed E-state index contributed by atoms with van der Waals surface area (Å²) in [4.78, 5) is 8.94. The molecule has 0 unspecified atom stereocenters. The minimum absolute atomic E-state index is 0.484. The van der Waals surface area contributed by atoms with Gasteiger partial charge in [0, 0.05) is 25.2 Å². The minimum Gasteiger partial charge on any atom is -0.376 e. The van der Waals surface area contributed by atoms with Gasteiger partial charge < -0.3 is 4.74 Å². The van der Waals surface area contributed by atoms with Gasteiger partial charge in [-0.1, -0.05) is 11.6 Å². The maximum absolute atomic E-state index is 6.20. The lowest BCUT2D eigenvalue weighted by atomic mass is 10.1. The van der Waals surface area contributed by atoms with Gasteiger partial charge in [0.05, 0.1) is 30.2 Å². The summed E-state index contributed by atoms with van der Waals surface area (Å²) in [6, 6.07) is 0. The average Bonchev–Trinajstić information content (AvgIpc) is 2.68. The molecule has 3 heterocycles. The van der Waals surface area contributed by atoms with Gasteiger partial charge in [-0.2, -0.15) is 5.10 Å². The van der Waals surface area contributed by atoms with Gasteiger partial charge in [-0.05, 0) is 6.92 Å². The van der Waals surface area contributed by atoms with Crippen LogP contribution in [0.5, 0.6) is 0 Å². The molecule has 0 spiro atoms. The third kappa shape index (κ3) is 1.89. The number of rotatable bonds is 1. The molecule has 0 aliphatic carbocycles. The summed E-state index contributed by atoms with van der Waals surface area (Å²) in [5, 5.41) is 4.78. The highest BCUT2D eigenvalue weighted by molar-refractivity contribution is 6.30. The predicted octanol–water partition coefficient (Wildman–Crippen LogP) is 1.91. The number of hydrogen-bond acceptors (Lipinski definition) is 4. The molecule has 6 heteroatoms. The number of nitrogens with zero attached hydrogens (tertiary/aromatic N) is 4. The normalized spacial score (nSPS) is 14.6. The van der Waals surface area contributed by atoms with Crippen LogP contribution in [-0.4, -0.2) is 26.4 Å². The van der Waals surface area contributed by atoms with E-state index in [1.807, 2.05) is 20.2 Å². The highest BCUT2D eigenvalue weighted by Crippen LogP contribution is 2.26. The molecule has 5 nitrogen and oxygen atoms in total. The quantitative estimate of drug-likeness (QED) is 0.739. The molecule has 0 radical (unpaired) electrons. The van der Waals surface area contributed by atoms with E-state index in [9.17, 15) is 0 Å². The monoisotopic (exact) mass is 264 g/mol. The molecule has 94 valence electrons. The molecule has 0 bridgehead atoms. The molecule has 3 rings (SSSR count). The minimum atomic E-state index is 0.484. The van der Waals surface area contributed by atoms with Crippen LogP contribution in [0.2, 0.25) is 5.15 Å². The van der Waals surface area contributed by atoms with Gasteiger partial charge in [-0.3, -0.25) is 4.68 Å². The van der Waals surface area contributed by atoms with Gasteiger partial charge in [0.2, 0.25) is 0 Å². The van der Waals surface area contributed by atoms with Crippen molar-refractivity contribution in [3.63, 3.8) is 0 Å². The zero-order chi connectivity index (χ0) is 12.7. The topological polar surface area (TPSA) is 52.8 Å². The summed E-state index contributed by atoms with van der Waals surface area (Å²) in [5.74, 6) is 0.645. The Bertz CT molecular complexity index is 608. The molecule has 1 aliphatic heterocycles. The first-order valence-corrected chi connectivity index (χ1v) is 6.16. The summed E-state index contributed by atoms with van der Waals surface area (Å²) < 4.78 is 7.12. The first-order valence-electron chi connectivity index (χ1n) is 5.79. The van der Waals surface area contributed by atoms with Gasteiger partial charge >= 0.3 is 0 Å². The van der Waals surface area contributed by atoms with Gasteiger partial charge in [0.25, 0.3) is 0 Å². The molecular formula is C12H13ClN4O. The zero-order valence-electron chi connectivity index (χ0n) is 10.3. The van der Waals surface area contributed by atoms with Crippen LogP contribution in [0.15, 0.2) is 6.20 Å². The number of ether oxygens (including phenoxy) is 1. The molecule has 18 heavy (non-hydrogen) atoms. The molecule has 0 aromatic carbocycles. The van der Waals surface area contributed by atoms with Crippen LogP contribution in [0.1, 0.15) is 17.0 Å². The smallest absolute Gasteiger partial charge is 0.164 e. The van der Waals surface area contributed by atoms with Gasteiger partial charge in [-0.25, -0.2) is 9.97 Å². The van der Waals surface area contributed by atoms with Crippen molar-refractivity contribution in [3.05, 3.63) is 28.3 Å². The van der Waals surface area contributed by atoms with Crippen molar-refractivity contribution in [1.29, 1.82) is 0 Å². The Morgan fingerprint density at radius 3 is 2.94 bits per heavy atom. The van der Waals surface area contributed by atoms with E-state index in [0.717, 1.165) is 28.9 Å². The van der Waals surface area contributed by atoms with E-state index < -0.39 is 0 Å². The Hall–Kier alpha value is -1.46. The lowest BCUT2D eigenvalue weighted by molar-refractivity contribution is 0.109. The summed E-state index contributed by atoms with van der Waals surface area (Å²) in [7, 11) is 1.88. The largest absolute Gasteiger partial charge is 0.376 e. The van der Waals surface area contributed by atoms with Crippen molar-refractivity contribution in [2.24, 2.45) is 7.05 Å². The second-order valence-corrected chi connectivity index (χ2v) is 4.73. The van der Waals surface area contributed by atoms with Gasteiger partial charge in [0.1, 0.15) is 5.15 Å². The van der Waals surface area contributed by atoms with Crippen LogP contribution >= 0.6 is 11.6 Å². The van der Waals surface area contributed by atoms with Crippen LogP contribution in [0.3, 0.4) is 0 Å². The molecule has 2 aromatic rings. The number of aryl methyl sites for hydroxylation is 2. The first kappa shape index (κ1) is 11.6. The van der Waals surface area contributed by atoms with E-state index >= 15 is 0 Å². The first-order chi connectivity index (χ1) is 8.65. The summed E-state index contributed by atoms with van der Waals surface area (Å²) in [6.45, 7) is 3.13. The van der Waals surface area contributed by atoms with Crippen LogP contribution in [0.4, 0.5) is 0 Å². The third-order valence-electron chi connectivity index (χ3n) is 3.03. The fourth-order valence-electron chi connectivity index (χ4n) is 2.13. The van der Waals surface area contributed by atoms with Crippen molar-refractivity contribution >= 4 is 11.6 Å². The molecule has 1 aliphatic rings. The van der Waals surface area contributed by atoms with Crippen LogP contribution < -0.4 is 0 Å². The van der Waals surface area contributed by atoms with Crippen LogP contribution in [-0.2, 0) is 24.8 Å². The van der Waals surface area contributed by atoms with E-state index in [1.54, 1.807) is 4.68 Å². The van der Waals surface area contributed by atoms with E-state index in [2.05, 4.69) is 15.1 Å². The highest BCUT2D eigenvalue weighted by atomic mass is 35.5. The molecule has 0 saturated heterocycles. The van der Waals surface area contributed by atoms with E-state index in [-0.39, 0.29) is 0 Å². The second kappa shape index (κ2) is 4.33. The molecular weight excluding hydrogens is 252 g/mol. The Labute approximate surface area is 110 Å². The molecule has 0 atom stereocenters. The zero-order valence-corrected chi connectivity index (χ0v) is 11.0. The lowest BCUT2D eigenvalue weighted by Gasteiger charge is -2.16. The Morgan fingerprint density at radius 2 is 2.22 bits per heavy atom. The van der Waals surface area contributed by atoms with Crippen molar-refractivity contribution in [1.82, 2.24) is 19.7 Å². The number of halogens is 1. The maximum atomic E-state index is 6.20. The average molecular weight is 265 g/mol. The maximum Gasteiger partial charge on any atom is 0.164 e. The van der Waals surface area contributed by atoms with E-state index in [1.165, 1.54) is 0 Å².